The molecule has 3 rings (SSSR count). The van der Waals surface area contributed by atoms with Crippen LogP contribution in [0.3, 0.4) is 0 Å². The Hall–Kier alpha value is -2.67. The topological polar surface area (TPSA) is 89.5 Å². The molecule has 0 spiro atoms. The van der Waals surface area contributed by atoms with E-state index in [1.54, 1.807) is 24.3 Å². The molecule has 1 heterocycles. The molecule has 7 heteroatoms. The van der Waals surface area contributed by atoms with Gasteiger partial charge in [0.05, 0.1) is 11.5 Å². The number of carbonyl (C=O) groups excluding carboxylic acids is 2. The summed E-state index contributed by atoms with van der Waals surface area (Å²) in [5, 5.41) is 2.85. The molecule has 29 heavy (non-hydrogen) atoms. The molecule has 2 atom stereocenters. The van der Waals surface area contributed by atoms with Gasteiger partial charge in [-0.05, 0) is 43.4 Å². The summed E-state index contributed by atoms with van der Waals surface area (Å²) < 4.78 is 28.8. The van der Waals surface area contributed by atoms with Gasteiger partial charge >= 0.3 is 5.97 Å². The van der Waals surface area contributed by atoms with Gasteiger partial charge in [0.2, 0.25) is 6.10 Å². The number of rotatable bonds is 6. The van der Waals surface area contributed by atoms with Crippen LogP contribution in [0.5, 0.6) is 0 Å². The van der Waals surface area contributed by atoms with E-state index in [2.05, 4.69) is 5.32 Å². The van der Waals surface area contributed by atoms with E-state index in [4.69, 9.17) is 4.74 Å². The molecule has 0 aromatic heterocycles. The first-order valence-electron chi connectivity index (χ1n) is 9.56. The number of ether oxygens (including phenoxy) is 1. The molecule has 0 radical (unpaired) electrons. The second-order valence-corrected chi connectivity index (χ2v) is 9.79. The molecule has 1 amide bonds. The molecular formula is C22H25NO5S. The number of nitrogens with one attached hydrogen (secondary N) is 1. The first-order chi connectivity index (χ1) is 13.7. The average Bonchev–Trinajstić information content (AvgIpc) is 3.01. The van der Waals surface area contributed by atoms with Gasteiger partial charge in [0.25, 0.3) is 5.91 Å². The summed E-state index contributed by atoms with van der Waals surface area (Å²) in [5.41, 5.74) is 3.12. The van der Waals surface area contributed by atoms with Crippen molar-refractivity contribution in [1.82, 2.24) is 0 Å². The van der Waals surface area contributed by atoms with Crippen LogP contribution in [0.2, 0.25) is 0 Å². The van der Waals surface area contributed by atoms with Crippen molar-refractivity contribution in [2.45, 2.75) is 32.8 Å². The van der Waals surface area contributed by atoms with Gasteiger partial charge in [-0.15, -0.1) is 0 Å². The summed E-state index contributed by atoms with van der Waals surface area (Å²) in [6.45, 7) is 3.82. The van der Waals surface area contributed by atoms with E-state index in [9.17, 15) is 18.0 Å². The number of carbonyl (C=O) groups is 2. The largest absolute Gasteiger partial charge is 0.447 e. The molecule has 0 aliphatic carbocycles. The maximum Gasteiger partial charge on any atom is 0.307 e. The van der Waals surface area contributed by atoms with E-state index < -0.39 is 27.8 Å². The average molecular weight is 416 g/mol. The van der Waals surface area contributed by atoms with Crippen LogP contribution in [0, 0.1) is 19.8 Å². The fourth-order valence-electron chi connectivity index (χ4n) is 3.42. The summed E-state index contributed by atoms with van der Waals surface area (Å²) in [7, 11) is -3.07. The van der Waals surface area contributed by atoms with E-state index in [0.29, 0.717) is 17.7 Å². The van der Waals surface area contributed by atoms with Crippen molar-refractivity contribution in [3.05, 3.63) is 65.2 Å². The third-order valence-corrected chi connectivity index (χ3v) is 6.86. The van der Waals surface area contributed by atoms with E-state index >= 15 is 0 Å². The van der Waals surface area contributed by atoms with Crippen molar-refractivity contribution in [2.75, 3.05) is 16.8 Å². The Morgan fingerprint density at radius 3 is 2.52 bits per heavy atom. The second kappa shape index (κ2) is 8.78. The normalized spacial score (nSPS) is 18.8. The Labute approximate surface area is 171 Å². The van der Waals surface area contributed by atoms with Crippen LogP contribution in [0.15, 0.2) is 48.5 Å². The van der Waals surface area contributed by atoms with Crippen LogP contribution in [0.1, 0.15) is 35.6 Å². The van der Waals surface area contributed by atoms with Crippen LogP contribution in [-0.2, 0) is 24.2 Å². The highest BCUT2D eigenvalue weighted by molar-refractivity contribution is 7.91. The highest BCUT2D eigenvalue weighted by Crippen LogP contribution is 2.26. The molecule has 1 aliphatic rings. The Kier molecular flexibility index (Phi) is 6.37. The van der Waals surface area contributed by atoms with E-state index in [0.717, 1.165) is 11.1 Å². The molecule has 6 nitrogen and oxygen atoms in total. The zero-order valence-electron chi connectivity index (χ0n) is 16.6. The van der Waals surface area contributed by atoms with Gasteiger partial charge in [-0.2, -0.15) is 0 Å². The standard InChI is InChI=1S/C22H25NO5S/c1-15-8-9-16(2)19(12-15)23-22(25)21(18-6-4-3-5-7-18)28-20(24)13-17-10-11-29(26,27)14-17/h3-9,12,17,21H,10-11,13-14H2,1-2H3,(H,23,25)/t17-,21-/m1/s1. The minimum Gasteiger partial charge on any atom is -0.447 e. The van der Waals surface area contributed by atoms with E-state index in [-0.39, 0.29) is 23.8 Å². The van der Waals surface area contributed by atoms with Crippen LogP contribution >= 0.6 is 0 Å². The van der Waals surface area contributed by atoms with Crippen LogP contribution in [-0.4, -0.2) is 31.8 Å². The number of aryl methyl sites for hydroxylation is 2. The van der Waals surface area contributed by atoms with Crippen molar-refractivity contribution in [3.63, 3.8) is 0 Å². The molecule has 1 saturated heterocycles. The van der Waals surface area contributed by atoms with Gasteiger partial charge in [-0.25, -0.2) is 8.42 Å². The summed E-state index contributed by atoms with van der Waals surface area (Å²) in [4.78, 5) is 25.4. The van der Waals surface area contributed by atoms with Gasteiger partial charge in [0.15, 0.2) is 9.84 Å². The zero-order chi connectivity index (χ0) is 21.0. The van der Waals surface area contributed by atoms with E-state index in [1.165, 1.54) is 0 Å². The lowest BCUT2D eigenvalue weighted by Gasteiger charge is -2.20. The maximum atomic E-state index is 13.0. The summed E-state index contributed by atoms with van der Waals surface area (Å²) in [6.07, 6.45) is -0.678. The van der Waals surface area contributed by atoms with Gasteiger partial charge in [-0.3, -0.25) is 9.59 Å². The van der Waals surface area contributed by atoms with Crippen LogP contribution in [0.25, 0.3) is 0 Å². The van der Waals surface area contributed by atoms with Crippen molar-refractivity contribution >= 4 is 27.4 Å². The first-order valence-corrected chi connectivity index (χ1v) is 11.4. The van der Waals surface area contributed by atoms with Gasteiger partial charge in [0.1, 0.15) is 0 Å². The fraction of sp³-hybridized carbons (Fsp3) is 0.364. The maximum absolute atomic E-state index is 13.0. The second-order valence-electron chi connectivity index (χ2n) is 7.56. The zero-order valence-corrected chi connectivity index (χ0v) is 17.4. The first kappa shape index (κ1) is 21.0. The molecule has 2 aromatic rings. The summed E-state index contributed by atoms with van der Waals surface area (Å²) in [6, 6.07) is 14.5. The minimum absolute atomic E-state index is 0.00716. The lowest BCUT2D eigenvalue weighted by atomic mass is 10.0. The number of sulfone groups is 1. The Balaban J connectivity index is 1.75. The molecule has 0 bridgehead atoms. The highest BCUT2D eigenvalue weighted by atomic mass is 32.2. The molecular weight excluding hydrogens is 390 g/mol. The SMILES string of the molecule is Cc1ccc(C)c(NC(=O)[C@H](OC(=O)C[C@H]2CCS(=O)(=O)C2)c2ccccc2)c1. The van der Waals surface area contributed by atoms with Crippen molar-refractivity contribution in [2.24, 2.45) is 5.92 Å². The smallest absolute Gasteiger partial charge is 0.307 e. The molecule has 1 N–H and O–H groups in total. The predicted octanol–water partition coefficient (Wildman–Crippen LogP) is 3.35. The highest BCUT2D eigenvalue weighted by Gasteiger charge is 2.32. The monoisotopic (exact) mass is 415 g/mol. The quantitative estimate of drug-likeness (QED) is 0.731. The van der Waals surface area contributed by atoms with E-state index in [1.807, 2.05) is 38.1 Å². The predicted molar refractivity (Wildman–Crippen MR) is 111 cm³/mol. The van der Waals surface area contributed by atoms with Gasteiger partial charge in [-0.1, -0.05) is 42.5 Å². The minimum atomic E-state index is -3.07. The van der Waals surface area contributed by atoms with Crippen molar-refractivity contribution in [3.8, 4) is 0 Å². The number of hydrogen-bond donors (Lipinski definition) is 1. The third kappa shape index (κ3) is 5.67. The molecule has 2 aromatic carbocycles. The number of hydrogen-bond acceptors (Lipinski definition) is 5. The van der Waals surface area contributed by atoms with Crippen molar-refractivity contribution < 1.29 is 22.7 Å². The number of esters is 1. The lowest BCUT2D eigenvalue weighted by Crippen LogP contribution is -2.27. The lowest BCUT2D eigenvalue weighted by molar-refractivity contribution is -0.155. The number of amides is 1. The Morgan fingerprint density at radius 1 is 1.14 bits per heavy atom. The summed E-state index contributed by atoms with van der Waals surface area (Å²) >= 11 is 0. The van der Waals surface area contributed by atoms with Crippen LogP contribution in [0.4, 0.5) is 5.69 Å². The molecule has 1 aliphatic heterocycles. The fourth-order valence-corrected chi connectivity index (χ4v) is 5.28. The number of anilines is 1. The Morgan fingerprint density at radius 2 is 1.86 bits per heavy atom. The van der Waals surface area contributed by atoms with Gasteiger partial charge in [0, 0.05) is 17.7 Å². The third-order valence-electron chi connectivity index (χ3n) is 5.02. The van der Waals surface area contributed by atoms with Gasteiger partial charge < -0.3 is 10.1 Å². The van der Waals surface area contributed by atoms with Crippen molar-refractivity contribution in [1.29, 1.82) is 0 Å². The molecule has 154 valence electrons. The van der Waals surface area contributed by atoms with Crippen LogP contribution < -0.4 is 5.32 Å². The summed E-state index contributed by atoms with van der Waals surface area (Å²) in [5.74, 6) is -1.19. The molecule has 0 unspecified atom stereocenters. The Bertz CT molecular complexity index is 1000. The number of benzene rings is 2. The molecule has 1 fully saturated rings. The molecule has 0 saturated carbocycles.